The number of likely N-dealkylation sites (tertiary alicyclic amines) is 1. The first-order valence-corrected chi connectivity index (χ1v) is 9.13. The molecule has 0 aliphatic carbocycles. The minimum Gasteiger partial charge on any atom is -0.497 e. The number of piperidine rings is 1. The Hall–Kier alpha value is -2.23. The SMILES string of the molecule is COc1ccc(CCC(=O)N2CCC(n3c(C)ccc3C)CC2)cc1. The first-order chi connectivity index (χ1) is 12.1. The smallest absolute Gasteiger partial charge is 0.222 e. The highest BCUT2D eigenvalue weighted by atomic mass is 16.5. The van der Waals surface area contributed by atoms with Gasteiger partial charge in [-0.2, -0.15) is 0 Å². The molecule has 134 valence electrons. The van der Waals surface area contributed by atoms with Crippen molar-refractivity contribution in [1.82, 2.24) is 9.47 Å². The zero-order chi connectivity index (χ0) is 17.8. The highest BCUT2D eigenvalue weighted by Gasteiger charge is 2.24. The first kappa shape index (κ1) is 17.6. The van der Waals surface area contributed by atoms with Crippen molar-refractivity contribution in [3.63, 3.8) is 0 Å². The van der Waals surface area contributed by atoms with Crippen molar-refractivity contribution < 1.29 is 9.53 Å². The highest BCUT2D eigenvalue weighted by molar-refractivity contribution is 5.76. The minimum atomic E-state index is 0.273. The van der Waals surface area contributed by atoms with E-state index >= 15 is 0 Å². The molecule has 0 unspecified atom stereocenters. The summed E-state index contributed by atoms with van der Waals surface area (Å²) in [5.74, 6) is 1.13. The second-order valence-corrected chi connectivity index (χ2v) is 6.95. The van der Waals surface area contributed by atoms with E-state index in [4.69, 9.17) is 4.74 Å². The summed E-state index contributed by atoms with van der Waals surface area (Å²) < 4.78 is 7.60. The number of benzene rings is 1. The lowest BCUT2D eigenvalue weighted by Crippen LogP contribution is -2.39. The lowest BCUT2D eigenvalue weighted by atomic mass is 10.0. The first-order valence-electron chi connectivity index (χ1n) is 9.13. The molecule has 1 aromatic heterocycles. The summed E-state index contributed by atoms with van der Waals surface area (Å²) in [6.07, 6.45) is 3.46. The normalized spacial score (nSPS) is 15.4. The summed E-state index contributed by atoms with van der Waals surface area (Å²) in [6, 6.07) is 12.9. The van der Waals surface area contributed by atoms with Crippen LogP contribution in [-0.2, 0) is 11.2 Å². The van der Waals surface area contributed by atoms with Crippen LogP contribution in [0.5, 0.6) is 5.75 Å². The van der Waals surface area contributed by atoms with E-state index in [0.29, 0.717) is 12.5 Å². The molecular formula is C21H28N2O2. The molecule has 2 aromatic rings. The number of nitrogens with zero attached hydrogens (tertiary/aromatic N) is 2. The maximum Gasteiger partial charge on any atom is 0.222 e. The third-order valence-electron chi connectivity index (χ3n) is 5.29. The van der Waals surface area contributed by atoms with Gasteiger partial charge in [0.05, 0.1) is 7.11 Å². The largest absolute Gasteiger partial charge is 0.497 e. The molecule has 25 heavy (non-hydrogen) atoms. The number of amides is 1. The zero-order valence-corrected chi connectivity index (χ0v) is 15.5. The Labute approximate surface area is 150 Å². The fourth-order valence-corrected chi connectivity index (χ4v) is 3.83. The van der Waals surface area contributed by atoms with Crippen LogP contribution in [0.4, 0.5) is 0 Å². The molecule has 0 bridgehead atoms. The van der Waals surface area contributed by atoms with Gasteiger partial charge in [0, 0.05) is 36.9 Å². The summed E-state index contributed by atoms with van der Waals surface area (Å²) in [4.78, 5) is 14.6. The fraction of sp³-hybridized carbons (Fsp3) is 0.476. The van der Waals surface area contributed by atoms with Gasteiger partial charge < -0.3 is 14.2 Å². The van der Waals surface area contributed by atoms with Crippen LogP contribution in [0.15, 0.2) is 36.4 Å². The van der Waals surface area contributed by atoms with Gasteiger partial charge in [-0.1, -0.05) is 12.1 Å². The quantitative estimate of drug-likeness (QED) is 0.827. The Bertz CT molecular complexity index is 690. The van der Waals surface area contributed by atoms with Crippen LogP contribution in [0.3, 0.4) is 0 Å². The molecule has 0 saturated carbocycles. The van der Waals surface area contributed by atoms with Gasteiger partial charge in [0.2, 0.25) is 5.91 Å². The van der Waals surface area contributed by atoms with Crippen LogP contribution in [-0.4, -0.2) is 35.6 Å². The van der Waals surface area contributed by atoms with Crippen molar-refractivity contribution >= 4 is 5.91 Å². The second-order valence-electron chi connectivity index (χ2n) is 6.95. The molecule has 0 atom stereocenters. The van der Waals surface area contributed by atoms with Crippen molar-refractivity contribution in [2.45, 2.75) is 45.6 Å². The van der Waals surface area contributed by atoms with E-state index in [1.54, 1.807) is 7.11 Å². The third-order valence-corrected chi connectivity index (χ3v) is 5.29. The third kappa shape index (κ3) is 4.06. The Morgan fingerprint density at radius 1 is 1.04 bits per heavy atom. The van der Waals surface area contributed by atoms with E-state index in [0.717, 1.165) is 38.1 Å². The van der Waals surface area contributed by atoms with Gasteiger partial charge in [0.25, 0.3) is 0 Å². The Kier molecular flexibility index (Phi) is 5.47. The van der Waals surface area contributed by atoms with Gasteiger partial charge in [-0.05, 0) is 62.9 Å². The molecule has 1 saturated heterocycles. The van der Waals surface area contributed by atoms with E-state index in [1.807, 2.05) is 29.2 Å². The number of hydrogen-bond donors (Lipinski definition) is 0. The van der Waals surface area contributed by atoms with Crippen molar-refractivity contribution in [3.05, 3.63) is 53.3 Å². The summed E-state index contributed by atoms with van der Waals surface area (Å²) in [7, 11) is 1.67. The van der Waals surface area contributed by atoms with E-state index < -0.39 is 0 Å². The van der Waals surface area contributed by atoms with Crippen LogP contribution in [0, 0.1) is 13.8 Å². The van der Waals surface area contributed by atoms with E-state index in [-0.39, 0.29) is 5.91 Å². The zero-order valence-electron chi connectivity index (χ0n) is 15.5. The number of rotatable bonds is 5. The number of aromatic nitrogens is 1. The van der Waals surface area contributed by atoms with Crippen molar-refractivity contribution in [1.29, 1.82) is 0 Å². The molecule has 0 N–H and O–H groups in total. The summed E-state index contributed by atoms with van der Waals surface area (Å²) in [5, 5.41) is 0. The van der Waals surface area contributed by atoms with Crippen LogP contribution < -0.4 is 4.74 Å². The molecule has 4 heteroatoms. The standard InChI is InChI=1S/C21H28N2O2/c1-16-4-5-17(2)23(16)19-12-14-22(15-13-19)21(24)11-8-18-6-9-20(25-3)10-7-18/h4-7,9-10,19H,8,11-15H2,1-3H3. The van der Waals surface area contributed by atoms with Gasteiger partial charge in [0.15, 0.2) is 0 Å². The molecule has 1 aromatic carbocycles. The van der Waals surface area contributed by atoms with E-state index in [2.05, 4.69) is 30.5 Å². The van der Waals surface area contributed by atoms with E-state index in [9.17, 15) is 4.79 Å². The number of carbonyl (C=O) groups is 1. The second kappa shape index (κ2) is 7.77. The molecule has 1 aliphatic heterocycles. The number of methoxy groups -OCH3 is 1. The molecule has 1 amide bonds. The average molecular weight is 340 g/mol. The average Bonchev–Trinajstić information content (AvgIpc) is 2.98. The summed E-state index contributed by atoms with van der Waals surface area (Å²) >= 11 is 0. The van der Waals surface area contributed by atoms with Gasteiger partial charge >= 0.3 is 0 Å². The predicted octanol–water partition coefficient (Wildman–Crippen LogP) is 3.91. The number of carbonyl (C=O) groups excluding carboxylic acids is 1. The number of aryl methyl sites for hydroxylation is 3. The van der Waals surface area contributed by atoms with Crippen molar-refractivity contribution in [2.24, 2.45) is 0 Å². The lowest BCUT2D eigenvalue weighted by molar-refractivity contribution is -0.132. The Balaban J connectivity index is 1.49. The lowest BCUT2D eigenvalue weighted by Gasteiger charge is -2.34. The molecule has 3 rings (SSSR count). The topological polar surface area (TPSA) is 34.5 Å². The summed E-state index contributed by atoms with van der Waals surface area (Å²) in [6.45, 7) is 6.06. The predicted molar refractivity (Wildman–Crippen MR) is 100 cm³/mol. The number of ether oxygens (including phenoxy) is 1. The molecule has 2 heterocycles. The number of hydrogen-bond acceptors (Lipinski definition) is 2. The van der Waals surface area contributed by atoms with Crippen molar-refractivity contribution in [3.8, 4) is 5.75 Å². The minimum absolute atomic E-state index is 0.273. The van der Waals surface area contributed by atoms with Gasteiger partial charge in [0.1, 0.15) is 5.75 Å². The van der Waals surface area contributed by atoms with Crippen molar-refractivity contribution in [2.75, 3.05) is 20.2 Å². The summed E-state index contributed by atoms with van der Waals surface area (Å²) in [5.41, 5.74) is 3.83. The van der Waals surface area contributed by atoms with Gasteiger partial charge in [-0.3, -0.25) is 4.79 Å². The monoisotopic (exact) mass is 340 g/mol. The maximum atomic E-state index is 12.5. The van der Waals surface area contributed by atoms with Gasteiger partial charge in [-0.25, -0.2) is 0 Å². The molecule has 4 nitrogen and oxygen atoms in total. The maximum absolute atomic E-state index is 12.5. The van der Waals surface area contributed by atoms with Crippen LogP contribution in [0.2, 0.25) is 0 Å². The highest BCUT2D eigenvalue weighted by Crippen LogP contribution is 2.26. The van der Waals surface area contributed by atoms with Crippen LogP contribution in [0.1, 0.15) is 42.3 Å². The Morgan fingerprint density at radius 3 is 2.20 bits per heavy atom. The molecule has 1 aliphatic rings. The van der Waals surface area contributed by atoms with Crippen LogP contribution >= 0.6 is 0 Å². The van der Waals surface area contributed by atoms with Crippen LogP contribution in [0.25, 0.3) is 0 Å². The Morgan fingerprint density at radius 2 is 1.64 bits per heavy atom. The molecule has 0 spiro atoms. The molecule has 0 radical (unpaired) electrons. The van der Waals surface area contributed by atoms with Gasteiger partial charge in [-0.15, -0.1) is 0 Å². The fourth-order valence-electron chi connectivity index (χ4n) is 3.83. The van der Waals surface area contributed by atoms with E-state index in [1.165, 1.54) is 17.0 Å². The molecule has 1 fully saturated rings. The molecular weight excluding hydrogens is 312 g/mol.